The van der Waals surface area contributed by atoms with Crippen molar-refractivity contribution in [1.82, 2.24) is 4.90 Å². The Morgan fingerprint density at radius 3 is 2.81 bits per heavy atom. The molecule has 3 nitrogen and oxygen atoms in total. The Labute approximate surface area is 130 Å². The lowest BCUT2D eigenvalue weighted by molar-refractivity contribution is -0.113. The minimum Gasteiger partial charge on any atom is -0.351 e. The van der Waals surface area contributed by atoms with Crippen LogP contribution in [-0.2, 0) is 4.79 Å². The largest absolute Gasteiger partial charge is 0.351 e. The van der Waals surface area contributed by atoms with Gasteiger partial charge < -0.3 is 4.90 Å². The van der Waals surface area contributed by atoms with E-state index in [1.165, 1.54) is 30.2 Å². The number of aliphatic imine (C=N–C) groups is 1. The van der Waals surface area contributed by atoms with Crippen molar-refractivity contribution in [2.45, 2.75) is 26.7 Å². The third kappa shape index (κ3) is 3.38. The number of amides is 1. The van der Waals surface area contributed by atoms with Gasteiger partial charge in [0.15, 0.2) is 5.17 Å². The maximum absolute atomic E-state index is 12.1. The molecule has 0 bridgehead atoms. The maximum atomic E-state index is 12.1. The Morgan fingerprint density at radius 2 is 2.10 bits per heavy atom. The standard InChI is InChI=1S/C17H20N2OS/c1-12-5-7-14(8-6-12)10-15-16(20)18-17(21-15)19-9-3-4-13(2)11-19/h5-8,10,13H,3-4,9,11H2,1-2H3/b15-10-/t13-/m0/s1. The molecule has 0 radical (unpaired) electrons. The monoisotopic (exact) mass is 300 g/mol. The summed E-state index contributed by atoms with van der Waals surface area (Å²) in [6.45, 7) is 6.35. The molecule has 1 atom stereocenters. The molecule has 1 fully saturated rings. The van der Waals surface area contributed by atoms with E-state index < -0.39 is 0 Å². The molecule has 2 aliphatic rings. The number of thioether (sulfide) groups is 1. The number of rotatable bonds is 1. The van der Waals surface area contributed by atoms with E-state index in [9.17, 15) is 4.79 Å². The van der Waals surface area contributed by atoms with Crippen molar-refractivity contribution in [3.63, 3.8) is 0 Å². The van der Waals surface area contributed by atoms with Gasteiger partial charge in [0.05, 0.1) is 4.91 Å². The van der Waals surface area contributed by atoms with Gasteiger partial charge in [-0.2, -0.15) is 4.99 Å². The van der Waals surface area contributed by atoms with Gasteiger partial charge in [0.1, 0.15) is 0 Å². The first kappa shape index (κ1) is 14.4. The molecule has 3 rings (SSSR count). The average Bonchev–Trinajstić information content (AvgIpc) is 2.83. The SMILES string of the molecule is Cc1ccc(/C=C2\SC(N3CCC[C@H](C)C3)=NC2=O)cc1. The predicted octanol–water partition coefficient (Wildman–Crippen LogP) is 3.70. The molecule has 0 aromatic heterocycles. The number of aryl methyl sites for hydroxylation is 1. The third-order valence-corrected chi connectivity index (χ3v) is 4.96. The summed E-state index contributed by atoms with van der Waals surface area (Å²) in [5.41, 5.74) is 2.28. The van der Waals surface area contributed by atoms with Gasteiger partial charge in [-0.05, 0) is 49.1 Å². The summed E-state index contributed by atoms with van der Waals surface area (Å²) in [5.74, 6) is 0.580. The zero-order valence-corrected chi connectivity index (χ0v) is 13.3. The highest BCUT2D eigenvalue weighted by atomic mass is 32.2. The second-order valence-electron chi connectivity index (χ2n) is 5.91. The Hall–Kier alpha value is -1.55. The number of hydrogen-bond acceptors (Lipinski definition) is 3. The second-order valence-corrected chi connectivity index (χ2v) is 6.92. The first-order chi connectivity index (χ1) is 10.1. The number of hydrogen-bond donors (Lipinski definition) is 0. The highest BCUT2D eigenvalue weighted by Crippen LogP contribution is 2.32. The molecular weight excluding hydrogens is 280 g/mol. The second kappa shape index (κ2) is 6.06. The maximum Gasteiger partial charge on any atom is 0.286 e. The molecule has 0 N–H and O–H groups in total. The topological polar surface area (TPSA) is 32.7 Å². The summed E-state index contributed by atoms with van der Waals surface area (Å²) in [6.07, 6.45) is 4.40. The first-order valence-corrected chi connectivity index (χ1v) is 8.27. The fourth-order valence-electron chi connectivity index (χ4n) is 2.71. The van der Waals surface area contributed by atoms with Crippen LogP contribution in [0.2, 0.25) is 0 Å². The van der Waals surface area contributed by atoms with Gasteiger partial charge in [0.25, 0.3) is 5.91 Å². The van der Waals surface area contributed by atoms with Crippen LogP contribution in [0.5, 0.6) is 0 Å². The molecule has 1 aromatic carbocycles. The van der Waals surface area contributed by atoms with Crippen molar-refractivity contribution in [3.8, 4) is 0 Å². The van der Waals surface area contributed by atoms with Crippen molar-refractivity contribution >= 4 is 28.9 Å². The molecular formula is C17H20N2OS. The summed E-state index contributed by atoms with van der Waals surface area (Å²) in [5, 5.41) is 0.880. The van der Waals surface area contributed by atoms with Crippen molar-refractivity contribution in [2.24, 2.45) is 10.9 Å². The number of carbonyl (C=O) groups excluding carboxylic acids is 1. The quantitative estimate of drug-likeness (QED) is 0.741. The molecule has 0 spiro atoms. The van der Waals surface area contributed by atoms with Crippen LogP contribution >= 0.6 is 11.8 Å². The van der Waals surface area contributed by atoms with Crippen molar-refractivity contribution < 1.29 is 4.79 Å². The first-order valence-electron chi connectivity index (χ1n) is 7.46. The van der Waals surface area contributed by atoms with Gasteiger partial charge >= 0.3 is 0 Å². The van der Waals surface area contributed by atoms with E-state index in [0.717, 1.165) is 28.7 Å². The van der Waals surface area contributed by atoms with E-state index in [1.54, 1.807) is 0 Å². The average molecular weight is 300 g/mol. The van der Waals surface area contributed by atoms with Gasteiger partial charge in [0.2, 0.25) is 0 Å². The zero-order valence-electron chi connectivity index (χ0n) is 12.5. The molecule has 0 saturated carbocycles. The van der Waals surface area contributed by atoms with Gasteiger partial charge in [-0.3, -0.25) is 4.79 Å². The fraction of sp³-hybridized carbons (Fsp3) is 0.412. The number of benzene rings is 1. The molecule has 110 valence electrons. The molecule has 2 aliphatic heterocycles. The lowest BCUT2D eigenvalue weighted by Crippen LogP contribution is -2.37. The number of amidine groups is 1. The highest BCUT2D eigenvalue weighted by molar-refractivity contribution is 8.18. The summed E-state index contributed by atoms with van der Waals surface area (Å²) >= 11 is 1.51. The van der Waals surface area contributed by atoms with Crippen LogP contribution in [0, 0.1) is 12.8 Å². The van der Waals surface area contributed by atoms with Gasteiger partial charge in [-0.25, -0.2) is 0 Å². The fourth-order valence-corrected chi connectivity index (χ4v) is 3.66. The van der Waals surface area contributed by atoms with Gasteiger partial charge in [-0.1, -0.05) is 36.8 Å². The third-order valence-electron chi connectivity index (χ3n) is 3.91. The Morgan fingerprint density at radius 1 is 1.33 bits per heavy atom. The van der Waals surface area contributed by atoms with E-state index in [0.29, 0.717) is 5.92 Å². The highest BCUT2D eigenvalue weighted by Gasteiger charge is 2.28. The summed E-state index contributed by atoms with van der Waals surface area (Å²) in [6, 6.07) is 8.20. The Balaban J connectivity index is 1.73. The normalized spacial score (nSPS) is 24.6. The van der Waals surface area contributed by atoms with E-state index in [-0.39, 0.29) is 5.91 Å². The van der Waals surface area contributed by atoms with Crippen molar-refractivity contribution in [1.29, 1.82) is 0 Å². The minimum absolute atomic E-state index is 0.103. The zero-order chi connectivity index (χ0) is 14.8. The van der Waals surface area contributed by atoms with Crippen LogP contribution in [0.3, 0.4) is 0 Å². The summed E-state index contributed by atoms with van der Waals surface area (Å²) in [7, 11) is 0. The van der Waals surface area contributed by atoms with Crippen LogP contribution in [0.25, 0.3) is 6.08 Å². The van der Waals surface area contributed by atoms with Crippen LogP contribution in [0.4, 0.5) is 0 Å². The molecule has 2 heterocycles. The number of nitrogens with zero attached hydrogens (tertiary/aromatic N) is 2. The van der Waals surface area contributed by atoms with E-state index >= 15 is 0 Å². The van der Waals surface area contributed by atoms with Crippen LogP contribution < -0.4 is 0 Å². The molecule has 0 aliphatic carbocycles. The number of likely N-dealkylation sites (tertiary alicyclic amines) is 1. The Bertz CT molecular complexity index is 604. The van der Waals surface area contributed by atoms with Gasteiger partial charge in [0, 0.05) is 13.1 Å². The van der Waals surface area contributed by atoms with Crippen molar-refractivity contribution in [3.05, 3.63) is 40.3 Å². The molecule has 1 amide bonds. The van der Waals surface area contributed by atoms with E-state index in [2.05, 4.69) is 35.9 Å². The summed E-state index contributed by atoms with van der Waals surface area (Å²) < 4.78 is 0. The summed E-state index contributed by atoms with van der Waals surface area (Å²) in [4.78, 5) is 19.3. The van der Waals surface area contributed by atoms with Crippen LogP contribution in [0.1, 0.15) is 30.9 Å². The molecule has 1 saturated heterocycles. The minimum atomic E-state index is -0.103. The predicted molar refractivity (Wildman–Crippen MR) is 89.2 cm³/mol. The molecule has 21 heavy (non-hydrogen) atoms. The van der Waals surface area contributed by atoms with Crippen LogP contribution in [0.15, 0.2) is 34.2 Å². The number of piperidine rings is 1. The van der Waals surface area contributed by atoms with E-state index in [4.69, 9.17) is 0 Å². The molecule has 1 aromatic rings. The smallest absolute Gasteiger partial charge is 0.286 e. The number of carbonyl (C=O) groups is 1. The van der Waals surface area contributed by atoms with Gasteiger partial charge in [-0.15, -0.1) is 0 Å². The van der Waals surface area contributed by atoms with Crippen LogP contribution in [-0.4, -0.2) is 29.1 Å². The lowest BCUT2D eigenvalue weighted by atomic mass is 10.0. The Kier molecular flexibility index (Phi) is 4.15. The van der Waals surface area contributed by atoms with Crippen molar-refractivity contribution in [2.75, 3.05) is 13.1 Å². The molecule has 0 unspecified atom stereocenters. The molecule has 4 heteroatoms. The van der Waals surface area contributed by atoms with E-state index in [1.807, 2.05) is 18.2 Å². The lowest BCUT2D eigenvalue weighted by Gasteiger charge is -2.31.